The number of hydrogen-bond donors (Lipinski definition) is 1. The summed E-state index contributed by atoms with van der Waals surface area (Å²) >= 11 is 0. The summed E-state index contributed by atoms with van der Waals surface area (Å²) in [4.78, 5) is 25.8. The van der Waals surface area contributed by atoms with Crippen molar-refractivity contribution in [1.82, 2.24) is 0 Å². The summed E-state index contributed by atoms with van der Waals surface area (Å²) < 4.78 is 0. The molecule has 0 unspecified atom stereocenters. The number of hydrogen-bond acceptors (Lipinski definition) is 3. The summed E-state index contributed by atoms with van der Waals surface area (Å²) in [5, 5.41) is 0. The SMILES string of the molecule is Cc1ccc2c(c1)C(=O)N(c1ccc(N)cc1)C2=O. The zero-order valence-corrected chi connectivity index (χ0v) is 10.4. The number of rotatable bonds is 1. The third kappa shape index (κ3) is 1.69. The standard InChI is InChI=1S/C15H12N2O2/c1-9-2-7-12-13(8-9)15(19)17(14(12)18)11-5-3-10(16)4-6-11/h2-8H,16H2,1H3. The van der Waals surface area contributed by atoms with Gasteiger partial charge in [0.1, 0.15) is 0 Å². The van der Waals surface area contributed by atoms with Crippen LogP contribution < -0.4 is 10.6 Å². The Morgan fingerprint density at radius 2 is 1.53 bits per heavy atom. The van der Waals surface area contributed by atoms with Gasteiger partial charge in [0.25, 0.3) is 11.8 Å². The molecule has 1 aliphatic heterocycles. The van der Waals surface area contributed by atoms with E-state index < -0.39 is 0 Å². The second kappa shape index (κ2) is 3.95. The zero-order chi connectivity index (χ0) is 13.6. The summed E-state index contributed by atoms with van der Waals surface area (Å²) in [5.41, 5.74) is 8.61. The largest absolute Gasteiger partial charge is 0.399 e. The lowest BCUT2D eigenvalue weighted by Crippen LogP contribution is -2.29. The normalized spacial score (nSPS) is 13.8. The van der Waals surface area contributed by atoms with Crippen molar-refractivity contribution in [2.75, 3.05) is 10.6 Å². The van der Waals surface area contributed by atoms with E-state index in [4.69, 9.17) is 5.73 Å². The first-order valence-corrected chi connectivity index (χ1v) is 5.93. The summed E-state index contributed by atoms with van der Waals surface area (Å²) in [6, 6.07) is 12.0. The number of anilines is 2. The fourth-order valence-electron chi connectivity index (χ4n) is 2.21. The number of carbonyl (C=O) groups excluding carboxylic acids is 2. The molecule has 0 bridgehead atoms. The van der Waals surface area contributed by atoms with Gasteiger partial charge in [-0.2, -0.15) is 0 Å². The quantitative estimate of drug-likeness (QED) is 0.626. The number of nitrogens with zero attached hydrogens (tertiary/aromatic N) is 1. The highest BCUT2D eigenvalue weighted by atomic mass is 16.2. The van der Waals surface area contributed by atoms with Gasteiger partial charge in [-0.1, -0.05) is 11.6 Å². The van der Waals surface area contributed by atoms with Crippen LogP contribution in [0.5, 0.6) is 0 Å². The van der Waals surface area contributed by atoms with Crippen LogP contribution in [0.15, 0.2) is 42.5 Å². The monoisotopic (exact) mass is 252 g/mol. The van der Waals surface area contributed by atoms with Crippen LogP contribution in [-0.2, 0) is 0 Å². The van der Waals surface area contributed by atoms with Gasteiger partial charge in [-0.3, -0.25) is 9.59 Å². The van der Waals surface area contributed by atoms with E-state index in [9.17, 15) is 9.59 Å². The van der Waals surface area contributed by atoms with Crippen LogP contribution in [0.25, 0.3) is 0 Å². The second-order valence-electron chi connectivity index (χ2n) is 4.59. The fourth-order valence-corrected chi connectivity index (χ4v) is 2.21. The minimum absolute atomic E-state index is 0.284. The average molecular weight is 252 g/mol. The van der Waals surface area contributed by atoms with E-state index in [0.717, 1.165) is 5.56 Å². The molecule has 4 nitrogen and oxygen atoms in total. The van der Waals surface area contributed by atoms with E-state index in [1.165, 1.54) is 4.90 Å². The van der Waals surface area contributed by atoms with Gasteiger partial charge in [0.2, 0.25) is 0 Å². The molecule has 0 atom stereocenters. The summed E-state index contributed by atoms with van der Waals surface area (Å²) in [6.07, 6.45) is 0. The van der Waals surface area contributed by atoms with Crippen molar-refractivity contribution >= 4 is 23.2 Å². The third-order valence-electron chi connectivity index (χ3n) is 3.19. The molecule has 0 spiro atoms. The first-order chi connectivity index (χ1) is 9.08. The molecular formula is C15H12N2O2. The van der Waals surface area contributed by atoms with Crippen molar-refractivity contribution in [1.29, 1.82) is 0 Å². The Labute approximate surface area is 110 Å². The van der Waals surface area contributed by atoms with E-state index >= 15 is 0 Å². The van der Waals surface area contributed by atoms with Crippen LogP contribution in [-0.4, -0.2) is 11.8 Å². The molecule has 0 aliphatic carbocycles. The molecule has 4 heteroatoms. The maximum absolute atomic E-state index is 12.3. The molecule has 0 saturated carbocycles. The molecule has 2 N–H and O–H groups in total. The summed E-state index contributed by atoms with van der Waals surface area (Å²) in [5.74, 6) is -0.571. The van der Waals surface area contributed by atoms with Gasteiger partial charge in [-0.05, 0) is 43.3 Å². The van der Waals surface area contributed by atoms with E-state index in [2.05, 4.69) is 0 Å². The van der Waals surface area contributed by atoms with Crippen LogP contribution in [0.1, 0.15) is 26.3 Å². The van der Waals surface area contributed by atoms with Crippen LogP contribution in [0.2, 0.25) is 0 Å². The molecule has 0 aromatic heterocycles. The van der Waals surface area contributed by atoms with Crippen molar-refractivity contribution in [2.45, 2.75) is 6.92 Å². The van der Waals surface area contributed by atoms with E-state index in [1.807, 2.05) is 13.0 Å². The number of fused-ring (bicyclic) bond motifs is 1. The molecule has 94 valence electrons. The minimum Gasteiger partial charge on any atom is -0.399 e. The molecule has 19 heavy (non-hydrogen) atoms. The number of benzene rings is 2. The Balaban J connectivity index is 2.10. The van der Waals surface area contributed by atoms with Gasteiger partial charge in [0.15, 0.2) is 0 Å². The van der Waals surface area contributed by atoms with E-state index in [1.54, 1.807) is 36.4 Å². The van der Waals surface area contributed by atoms with Gasteiger partial charge in [0.05, 0.1) is 16.8 Å². The van der Waals surface area contributed by atoms with Gasteiger partial charge in [-0.15, -0.1) is 0 Å². The molecule has 0 fully saturated rings. The predicted octanol–water partition coefficient (Wildman–Crippen LogP) is 2.38. The van der Waals surface area contributed by atoms with Crippen LogP contribution in [0, 0.1) is 6.92 Å². The van der Waals surface area contributed by atoms with Crippen molar-refractivity contribution < 1.29 is 9.59 Å². The second-order valence-corrected chi connectivity index (χ2v) is 4.59. The van der Waals surface area contributed by atoms with Crippen LogP contribution in [0.3, 0.4) is 0 Å². The number of nitrogen functional groups attached to an aromatic ring is 1. The highest BCUT2D eigenvalue weighted by molar-refractivity contribution is 6.34. The van der Waals surface area contributed by atoms with Crippen molar-refractivity contribution in [3.05, 3.63) is 59.2 Å². The fraction of sp³-hybridized carbons (Fsp3) is 0.0667. The Kier molecular flexibility index (Phi) is 2.38. The molecule has 0 radical (unpaired) electrons. The van der Waals surface area contributed by atoms with Crippen molar-refractivity contribution in [2.24, 2.45) is 0 Å². The Bertz CT molecular complexity index is 690. The number of nitrogens with two attached hydrogens (primary N) is 1. The Hall–Kier alpha value is -2.62. The number of amides is 2. The topological polar surface area (TPSA) is 63.4 Å². The predicted molar refractivity (Wildman–Crippen MR) is 73.2 cm³/mol. The minimum atomic E-state index is -0.287. The van der Waals surface area contributed by atoms with Crippen LogP contribution in [0.4, 0.5) is 11.4 Å². The number of carbonyl (C=O) groups is 2. The number of aryl methyl sites for hydroxylation is 1. The van der Waals surface area contributed by atoms with Gasteiger partial charge >= 0.3 is 0 Å². The maximum Gasteiger partial charge on any atom is 0.266 e. The number of imide groups is 1. The lowest BCUT2D eigenvalue weighted by Gasteiger charge is -2.13. The summed E-state index contributed by atoms with van der Waals surface area (Å²) in [7, 11) is 0. The van der Waals surface area contributed by atoms with Crippen molar-refractivity contribution in [3.63, 3.8) is 0 Å². The molecular weight excluding hydrogens is 240 g/mol. The average Bonchev–Trinajstić information content (AvgIpc) is 2.63. The molecule has 3 rings (SSSR count). The highest BCUT2D eigenvalue weighted by Crippen LogP contribution is 2.29. The first-order valence-electron chi connectivity index (χ1n) is 5.93. The summed E-state index contributed by atoms with van der Waals surface area (Å²) in [6.45, 7) is 1.89. The lowest BCUT2D eigenvalue weighted by molar-refractivity contribution is 0.0926. The Morgan fingerprint density at radius 3 is 2.21 bits per heavy atom. The molecule has 0 saturated heterocycles. The molecule has 2 aromatic carbocycles. The maximum atomic E-state index is 12.3. The van der Waals surface area contributed by atoms with Gasteiger partial charge in [0, 0.05) is 5.69 Å². The van der Waals surface area contributed by atoms with E-state index in [0.29, 0.717) is 22.5 Å². The third-order valence-corrected chi connectivity index (χ3v) is 3.19. The lowest BCUT2D eigenvalue weighted by atomic mass is 10.1. The molecule has 1 aliphatic rings. The highest BCUT2D eigenvalue weighted by Gasteiger charge is 2.36. The van der Waals surface area contributed by atoms with Crippen molar-refractivity contribution in [3.8, 4) is 0 Å². The first kappa shape index (κ1) is 11.5. The van der Waals surface area contributed by atoms with Crippen LogP contribution >= 0.6 is 0 Å². The molecule has 2 amide bonds. The van der Waals surface area contributed by atoms with Gasteiger partial charge in [-0.25, -0.2) is 4.90 Å². The zero-order valence-electron chi connectivity index (χ0n) is 10.4. The molecule has 2 aromatic rings. The van der Waals surface area contributed by atoms with Gasteiger partial charge < -0.3 is 5.73 Å². The van der Waals surface area contributed by atoms with E-state index in [-0.39, 0.29) is 11.8 Å². The smallest absolute Gasteiger partial charge is 0.266 e. The molecule has 1 heterocycles. The Morgan fingerprint density at radius 1 is 0.895 bits per heavy atom.